The van der Waals surface area contributed by atoms with Crippen LogP contribution in [-0.4, -0.2) is 19.5 Å². The molecule has 0 amide bonds. The van der Waals surface area contributed by atoms with Crippen molar-refractivity contribution in [2.24, 2.45) is 0 Å². The number of hydrogen-bond donors (Lipinski definition) is 0. The maximum absolute atomic E-state index is 10.7. The normalized spacial score (nSPS) is 10.2. The Morgan fingerprint density at radius 2 is 1.71 bits per heavy atom. The fraction of sp³-hybridized carbons (Fsp3) is 0.235. The van der Waals surface area contributed by atoms with Crippen LogP contribution in [0.2, 0.25) is 0 Å². The molecule has 21 heavy (non-hydrogen) atoms. The third-order valence-electron chi connectivity index (χ3n) is 3.09. The van der Waals surface area contributed by atoms with Crippen LogP contribution in [0.1, 0.15) is 21.5 Å². The first kappa shape index (κ1) is 15.6. The van der Waals surface area contributed by atoms with E-state index in [1.165, 1.54) is 0 Å². The molecule has 2 rings (SSSR count). The van der Waals surface area contributed by atoms with Gasteiger partial charge in [-0.1, -0.05) is 18.2 Å². The van der Waals surface area contributed by atoms with Gasteiger partial charge in [-0.25, -0.2) is 0 Å². The van der Waals surface area contributed by atoms with E-state index in [-0.39, 0.29) is 0 Å². The molecule has 0 heterocycles. The maximum atomic E-state index is 10.7. The van der Waals surface area contributed by atoms with Gasteiger partial charge in [0.25, 0.3) is 0 Å². The summed E-state index contributed by atoms with van der Waals surface area (Å²) in [5.41, 5.74) is 2.85. The summed E-state index contributed by atoms with van der Waals surface area (Å²) in [5, 5.41) is 0. The van der Waals surface area contributed by atoms with Gasteiger partial charge in [0.15, 0.2) is 0 Å². The van der Waals surface area contributed by atoms with E-state index in [1.807, 2.05) is 32.0 Å². The van der Waals surface area contributed by atoms with Crippen molar-refractivity contribution < 1.29 is 14.3 Å². The summed E-state index contributed by atoms with van der Waals surface area (Å²) < 4.78 is 12.2. The standard InChI is InChI=1S/C17H17BrO3/c1-12-4-3-5-13(2)17(12)21-9-8-20-16-7-6-14(11-19)10-15(16)18/h3-7,10-11H,8-9H2,1-2H3. The minimum Gasteiger partial charge on any atom is -0.489 e. The predicted octanol–water partition coefficient (Wildman–Crippen LogP) is 4.34. The molecule has 0 aliphatic heterocycles. The zero-order chi connectivity index (χ0) is 15.2. The first-order valence-corrected chi connectivity index (χ1v) is 7.47. The molecule has 2 aromatic rings. The van der Waals surface area contributed by atoms with Crippen LogP contribution in [0, 0.1) is 13.8 Å². The summed E-state index contributed by atoms with van der Waals surface area (Å²) in [5.74, 6) is 1.61. The molecule has 0 saturated heterocycles. The van der Waals surface area contributed by atoms with Crippen LogP contribution in [0.25, 0.3) is 0 Å². The molecule has 0 radical (unpaired) electrons. The Morgan fingerprint density at radius 1 is 1.05 bits per heavy atom. The van der Waals surface area contributed by atoms with Gasteiger partial charge in [0.05, 0.1) is 4.47 Å². The van der Waals surface area contributed by atoms with Gasteiger partial charge < -0.3 is 9.47 Å². The van der Waals surface area contributed by atoms with Gasteiger partial charge >= 0.3 is 0 Å². The first-order chi connectivity index (χ1) is 10.1. The molecule has 110 valence electrons. The molecule has 0 aliphatic carbocycles. The Labute approximate surface area is 133 Å². The number of carbonyl (C=O) groups excluding carboxylic acids is 1. The van der Waals surface area contributed by atoms with Crippen molar-refractivity contribution in [1.82, 2.24) is 0 Å². The number of hydrogen-bond acceptors (Lipinski definition) is 3. The van der Waals surface area contributed by atoms with Crippen molar-refractivity contribution in [3.8, 4) is 11.5 Å². The van der Waals surface area contributed by atoms with E-state index in [2.05, 4.69) is 15.9 Å². The fourth-order valence-corrected chi connectivity index (χ4v) is 2.54. The molecule has 0 aliphatic rings. The van der Waals surface area contributed by atoms with E-state index >= 15 is 0 Å². The SMILES string of the molecule is Cc1cccc(C)c1OCCOc1ccc(C=O)cc1Br. The molecular weight excluding hydrogens is 332 g/mol. The molecule has 0 fully saturated rings. The lowest BCUT2D eigenvalue weighted by Crippen LogP contribution is -2.10. The maximum Gasteiger partial charge on any atom is 0.150 e. The van der Waals surface area contributed by atoms with E-state index in [9.17, 15) is 4.79 Å². The molecule has 0 saturated carbocycles. The van der Waals surface area contributed by atoms with Gasteiger partial charge in [0.1, 0.15) is 31.0 Å². The van der Waals surface area contributed by atoms with E-state index in [1.54, 1.807) is 18.2 Å². The number of ether oxygens (including phenoxy) is 2. The number of para-hydroxylation sites is 1. The fourth-order valence-electron chi connectivity index (χ4n) is 2.03. The minimum absolute atomic E-state index is 0.437. The molecule has 4 heteroatoms. The molecule has 0 spiro atoms. The summed E-state index contributed by atoms with van der Waals surface area (Å²) >= 11 is 3.38. The van der Waals surface area contributed by atoms with Crippen molar-refractivity contribution in [3.63, 3.8) is 0 Å². The summed E-state index contributed by atoms with van der Waals surface area (Å²) in [6.45, 7) is 4.95. The highest BCUT2D eigenvalue weighted by Gasteiger charge is 2.05. The number of aryl methyl sites for hydroxylation is 2. The number of aldehydes is 1. The van der Waals surface area contributed by atoms with Crippen molar-refractivity contribution in [2.45, 2.75) is 13.8 Å². The lowest BCUT2D eigenvalue weighted by atomic mass is 10.1. The Hall–Kier alpha value is -1.81. The first-order valence-electron chi connectivity index (χ1n) is 6.68. The number of halogens is 1. The number of benzene rings is 2. The highest BCUT2D eigenvalue weighted by Crippen LogP contribution is 2.26. The second-order valence-electron chi connectivity index (χ2n) is 4.73. The van der Waals surface area contributed by atoms with Crippen LogP contribution < -0.4 is 9.47 Å². The number of rotatable bonds is 6. The largest absolute Gasteiger partial charge is 0.489 e. The molecule has 2 aromatic carbocycles. The molecule has 3 nitrogen and oxygen atoms in total. The van der Waals surface area contributed by atoms with Crippen molar-refractivity contribution in [2.75, 3.05) is 13.2 Å². The van der Waals surface area contributed by atoms with E-state index in [0.29, 0.717) is 24.5 Å². The summed E-state index contributed by atoms with van der Waals surface area (Å²) in [4.78, 5) is 10.7. The monoisotopic (exact) mass is 348 g/mol. The number of carbonyl (C=O) groups is 1. The molecule has 0 aromatic heterocycles. The van der Waals surface area contributed by atoms with Crippen LogP contribution >= 0.6 is 15.9 Å². The van der Waals surface area contributed by atoms with Gasteiger partial charge in [-0.3, -0.25) is 4.79 Å². The van der Waals surface area contributed by atoms with Crippen molar-refractivity contribution in [1.29, 1.82) is 0 Å². The second kappa shape index (κ2) is 7.27. The molecule has 0 atom stereocenters. The molecule has 0 N–H and O–H groups in total. The quantitative estimate of drug-likeness (QED) is 0.575. The zero-order valence-corrected chi connectivity index (χ0v) is 13.6. The lowest BCUT2D eigenvalue weighted by Gasteiger charge is -2.13. The average molecular weight is 349 g/mol. The van der Waals surface area contributed by atoms with Gasteiger partial charge in [0, 0.05) is 5.56 Å². The minimum atomic E-state index is 0.437. The highest BCUT2D eigenvalue weighted by molar-refractivity contribution is 9.10. The smallest absolute Gasteiger partial charge is 0.150 e. The highest BCUT2D eigenvalue weighted by atomic mass is 79.9. The predicted molar refractivity (Wildman–Crippen MR) is 86.4 cm³/mol. The van der Waals surface area contributed by atoms with Crippen LogP contribution in [0.3, 0.4) is 0 Å². The summed E-state index contributed by atoms with van der Waals surface area (Å²) in [6.07, 6.45) is 0.804. The van der Waals surface area contributed by atoms with Crippen LogP contribution in [-0.2, 0) is 0 Å². The summed E-state index contributed by atoms with van der Waals surface area (Å²) in [7, 11) is 0. The second-order valence-corrected chi connectivity index (χ2v) is 5.58. The van der Waals surface area contributed by atoms with Gasteiger partial charge in [-0.15, -0.1) is 0 Å². The Morgan fingerprint density at radius 3 is 2.33 bits per heavy atom. The third-order valence-corrected chi connectivity index (χ3v) is 3.71. The average Bonchev–Trinajstić information content (AvgIpc) is 2.47. The Kier molecular flexibility index (Phi) is 5.39. The third kappa shape index (κ3) is 4.08. The van der Waals surface area contributed by atoms with Gasteiger partial charge in [-0.05, 0) is 59.1 Å². The van der Waals surface area contributed by atoms with Gasteiger partial charge in [-0.2, -0.15) is 0 Å². The molecule has 0 bridgehead atoms. The van der Waals surface area contributed by atoms with Crippen molar-refractivity contribution in [3.05, 3.63) is 57.6 Å². The summed E-state index contributed by atoms with van der Waals surface area (Å²) in [6, 6.07) is 11.3. The van der Waals surface area contributed by atoms with Gasteiger partial charge in [0.2, 0.25) is 0 Å². The molecule has 0 unspecified atom stereocenters. The van der Waals surface area contributed by atoms with E-state index in [4.69, 9.17) is 9.47 Å². The Bertz CT molecular complexity index is 618. The van der Waals surface area contributed by atoms with Crippen LogP contribution in [0.5, 0.6) is 11.5 Å². The van der Waals surface area contributed by atoms with E-state index < -0.39 is 0 Å². The zero-order valence-electron chi connectivity index (χ0n) is 12.1. The molecular formula is C17H17BrO3. The Balaban J connectivity index is 1.89. The van der Waals surface area contributed by atoms with Crippen LogP contribution in [0.15, 0.2) is 40.9 Å². The lowest BCUT2D eigenvalue weighted by molar-refractivity contribution is 0.112. The van der Waals surface area contributed by atoms with Crippen molar-refractivity contribution >= 4 is 22.2 Å². The van der Waals surface area contributed by atoms with E-state index in [0.717, 1.165) is 27.6 Å². The van der Waals surface area contributed by atoms with Crippen LogP contribution in [0.4, 0.5) is 0 Å². The topological polar surface area (TPSA) is 35.5 Å².